The van der Waals surface area contributed by atoms with Crippen LogP contribution in [0.15, 0.2) is 54.6 Å². The molecule has 0 spiro atoms. The van der Waals surface area contributed by atoms with Gasteiger partial charge in [-0.3, -0.25) is 9.69 Å². The Balaban J connectivity index is 1.56. The molecule has 1 N–H and O–H groups in total. The molecule has 2 aromatic rings. The van der Waals surface area contributed by atoms with E-state index in [2.05, 4.69) is 4.90 Å². The first-order chi connectivity index (χ1) is 15.0. The average molecular weight is 427 g/mol. The van der Waals surface area contributed by atoms with Gasteiger partial charge in [0.05, 0.1) is 25.4 Å². The summed E-state index contributed by atoms with van der Waals surface area (Å²) >= 11 is 0. The van der Waals surface area contributed by atoms with Gasteiger partial charge >= 0.3 is 0 Å². The molecule has 2 atom stereocenters. The zero-order valence-electron chi connectivity index (χ0n) is 18.6. The minimum Gasteiger partial charge on any atom is -0.391 e. The highest BCUT2D eigenvalue weighted by Crippen LogP contribution is 2.13. The molecular formula is C25H34N2O4. The second-order valence-electron chi connectivity index (χ2n) is 8.21. The summed E-state index contributed by atoms with van der Waals surface area (Å²) < 4.78 is 11.2. The number of carbonyl (C=O) groups is 1. The summed E-state index contributed by atoms with van der Waals surface area (Å²) in [6, 6.07) is 17.7. The van der Waals surface area contributed by atoms with Crippen molar-refractivity contribution in [3.63, 3.8) is 0 Å². The van der Waals surface area contributed by atoms with Crippen molar-refractivity contribution in [3.05, 3.63) is 71.3 Å². The highest BCUT2D eigenvalue weighted by molar-refractivity contribution is 5.94. The van der Waals surface area contributed by atoms with E-state index in [-0.39, 0.29) is 12.0 Å². The van der Waals surface area contributed by atoms with E-state index in [9.17, 15) is 9.90 Å². The average Bonchev–Trinajstić information content (AvgIpc) is 2.77. The van der Waals surface area contributed by atoms with Crippen LogP contribution in [0.1, 0.15) is 21.5 Å². The molecule has 6 nitrogen and oxygen atoms in total. The van der Waals surface area contributed by atoms with Crippen LogP contribution < -0.4 is 0 Å². The summed E-state index contributed by atoms with van der Waals surface area (Å²) in [5, 5.41) is 10.5. The van der Waals surface area contributed by atoms with Crippen LogP contribution in [0.3, 0.4) is 0 Å². The predicted molar refractivity (Wildman–Crippen MR) is 121 cm³/mol. The van der Waals surface area contributed by atoms with Crippen molar-refractivity contribution < 1.29 is 19.4 Å². The summed E-state index contributed by atoms with van der Waals surface area (Å²) in [4.78, 5) is 17.1. The number of nitrogens with zero attached hydrogens (tertiary/aromatic N) is 2. The predicted octanol–water partition coefficient (Wildman–Crippen LogP) is 2.39. The Morgan fingerprint density at radius 1 is 1.23 bits per heavy atom. The molecule has 6 heteroatoms. The summed E-state index contributed by atoms with van der Waals surface area (Å²) in [6.45, 7) is 6.17. The van der Waals surface area contributed by atoms with Crippen LogP contribution in [0.2, 0.25) is 0 Å². The van der Waals surface area contributed by atoms with E-state index in [0.717, 1.165) is 17.7 Å². The summed E-state index contributed by atoms with van der Waals surface area (Å²) in [7, 11) is 1.64. The van der Waals surface area contributed by atoms with Gasteiger partial charge in [0.1, 0.15) is 0 Å². The number of hydrogen-bond donors (Lipinski definition) is 1. The second-order valence-corrected chi connectivity index (χ2v) is 8.21. The van der Waals surface area contributed by atoms with Crippen molar-refractivity contribution in [3.8, 4) is 0 Å². The van der Waals surface area contributed by atoms with Crippen LogP contribution >= 0.6 is 0 Å². The number of morpholine rings is 1. The van der Waals surface area contributed by atoms with Crippen LogP contribution in [0.25, 0.3) is 0 Å². The molecule has 0 saturated carbocycles. The lowest BCUT2D eigenvalue weighted by atomic mass is 10.1. The zero-order valence-corrected chi connectivity index (χ0v) is 18.6. The van der Waals surface area contributed by atoms with Crippen LogP contribution in [0.4, 0.5) is 0 Å². The molecule has 2 aromatic carbocycles. The molecule has 1 fully saturated rings. The number of ether oxygens (including phenoxy) is 2. The number of aliphatic hydroxyl groups excluding tert-OH is 1. The van der Waals surface area contributed by atoms with E-state index >= 15 is 0 Å². The lowest BCUT2D eigenvalue weighted by molar-refractivity contribution is -0.0515. The smallest absolute Gasteiger partial charge is 0.254 e. The molecule has 1 saturated heterocycles. The monoisotopic (exact) mass is 426 g/mol. The van der Waals surface area contributed by atoms with Gasteiger partial charge in [-0.1, -0.05) is 48.0 Å². The van der Waals surface area contributed by atoms with Crippen LogP contribution in [-0.4, -0.2) is 86.1 Å². The summed E-state index contributed by atoms with van der Waals surface area (Å²) in [5.41, 5.74) is 2.93. The van der Waals surface area contributed by atoms with Gasteiger partial charge in [-0.2, -0.15) is 0 Å². The molecule has 1 amide bonds. The molecule has 1 aliphatic rings. The molecule has 0 unspecified atom stereocenters. The van der Waals surface area contributed by atoms with Gasteiger partial charge in [0.2, 0.25) is 0 Å². The van der Waals surface area contributed by atoms with Crippen molar-refractivity contribution in [1.29, 1.82) is 0 Å². The van der Waals surface area contributed by atoms with Crippen molar-refractivity contribution in [2.75, 3.05) is 53.0 Å². The Morgan fingerprint density at radius 2 is 1.97 bits per heavy atom. The number of carbonyl (C=O) groups excluding carboxylic acids is 1. The van der Waals surface area contributed by atoms with Gasteiger partial charge in [-0.15, -0.1) is 0 Å². The van der Waals surface area contributed by atoms with Crippen LogP contribution in [0.5, 0.6) is 0 Å². The maximum Gasteiger partial charge on any atom is 0.254 e. The first-order valence-corrected chi connectivity index (χ1v) is 11.0. The normalized spacial score (nSPS) is 18.0. The molecule has 1 heterocycles. The highest BCUT2D eigenvalue weighted by atomic mass is 16.5. The number of benzene rings is 2. The van der Waals surface area contributed by atoms with E-state index in [4.69, 9.17) is 9.47 Å². The Hall–Kier alpha value is -2.25. The Kier molecular flexibility index (Phi) is 9.03. The Bertz CT molecular complexity index is 797. The molecule has 0 radical (unpaired) electrons. The maximum atomic E-state index is 13.1. The first-order valence-electron chi connectivity index (χ1n) is 11.0. The maximum absolute atomic E-state index is 13.1. The fourth-order valence-electron chi connectivity index (χ4n) is 3.91. The van der Waals surface area contributed by atoms with Gasteiger partial charge in [0.25, 0.3) is 5.91 Å². The minimum atomic E-state index is -0.431. The zero-order chi connectivity index (χ0) is 22.1. The van der Waals surface area contributed by atoms with E-state index in [0.29, 0.717) is 51.4 Å². The molecular weight excluding hydrogens is 392 g/mol. The number of methoxy groups -OCH3 is 1. The minimum absolute atomic E-state index is 0.0121. The van der Waals surface area contributed by atoms with Crippen LogP contribution in [0, 0.1) is 6.92 Å². The molecule has 1 aliphatic heterocycles. The molecule has 0 bridgehead atoms. The summed E-state index contributed by atoms with van der Waals surface area (Å²) in [6.07, 6.45) is 0.109. The molecule has 0 aromatic heterocycles. The fourth-order valence-corrected chi connectivity index (χ4v) is 3.91. The van der Waals surface area contributed by atoms with E-state index < -0.39 is 6.10 Å². The molecule has 3 rings (SSSR count). The summed E-state index contributed by atoms with van der Waals surface area (Å²) in [5.74, 6) is -0.0121. The van der Waals surface area contributed by atoms with Crippen molar-refractivity contribution in [1.82, 2.24) is 9.80 Å². The number of rotatable bonds is 10. The van der Waals surface area contributed by atoms with Gasteiger partial charge in [0.15, 0.2) is 0 Å². The number of aliphatic hydroxyl groups is 1. The van der Waals surface area contributed by atoms with Gasteiger partial charge in [-0.25, -0.2) is 0 Å². The molecule has 31 heavy (non-hydrogen) atoms. The number of aryl methyl sites for hydroxylation is 1. The molecule has 168 valence electrons. The quantitative estimate of drug-likeness (QED) is 0.632. The number of hydrogen-bond acceptors (Lipinski definition) is 5. The highest BCUT2D eigenvalue weighted by Gasteiger charge is 2.26. The van der Waals surface area contributed by atoms with E-state index in [1.807, 2.05) is 66.4 Å². The van der Waals surface area contributed by atoms with Gasteiger partial charge < -0.3 is 19.5 Å². The standard InChI is InChI=1S/C25H34N2O4/c1-20-8-10-22(11-9-20)25(29)27(13-14-30-2)19-24-18-26(12-15-31-24)17-23(28)16-21-6-4-3-5-7-21/h3-11,23-24,28H,12-19H2,1-2H3/t23-,24-/m1/s1. The third-order valence-electron chi connectivity index (χ3n) is 5.58. The van der Waals surface area contributed by atoms with Gasteiger partial charge in [0, 0.05) is 45.4 Å². The Labute approximate surface area is 185 Å². The van der Waals surface area contributed by atoms with Crippen LogP contribution in [-0.2, 0) is 15.9 Å². The van der Waals surface area contributed by atoms with Crippen molar-refractivity contribution in [2.45, 2.75) is 25.6 Å². The molecule has 0 aliphatic carbocycles. The van der Waals surface area contributed by atoms with Gasteiger partial charge in [-0.05, 0) is 31.0 Å². The first kappa shape index (κ1) is 23.4. The number of β-amino-alcohol motifs (C(OH)–C–C–N with tert-alkyl or cyclic N) is 1. The van der Waals surface area contributed by atoms with Crippen molar-refractivity contribution in [2.24, 2.45) is 0 Å². The van der Waals surface area contributed by atoms with E-state index in [1.54, 1.807) is 7.11 Å². The van der Waals surface area contributed by atoms with Crippen molar-refractivity contribution >= 4 is 5.91 Å². The second kappa shape index (κ2) is 12.0. The number of amides is 1. The lowest BCUT2D eigenvalue weighted by Gasteiger charge is -2.36. The largest absolute Gasteiger partial charge is 0.391 e. The fraction of sp³-hybridized carbons (Fsp3) is 0.480. The lowest BCUT2D eigenvalue weighted by Crippen LogP contribution is -2.51. The third-order valence-corrected chi connectivity index (χ3v) is 5.58. The Morgan fingerprint density at radius 3 is 2.68 bits per heavy atom. The SMILES string of the molecule is COCCN(C[C@H]1CN(C[C@H](O)Cc2ccccc2)CCO1)C(=O)c1ccc(C)cc1. The third kappa shape index (κ3) is 7.43. The van der Waals surface area contributed by atoms with E-state index in [1.165, 1.54) is 0 Å². The topological polar surface area (TPSA) is 62.2 Å².